The van der Waals surface area contributed by atoms with Gasteiger partial charge in [-0.25, -0.2) is 8.42 Å². The smallest absolute Gasteiger partial charge is 0.251 e. The predicted molar refractivity (Wildman–Crippen MR) is 109 cm³/mol. The second-order valence-electron chi connectivity index (χ2n) is 5.47. The van der Waals surface area contributed by atoms with E-state index < -0.39 is 10.0 Å². The van der Waals surface area contributed by atoms with E-state index in [2.05, 4.69) is 5.32 Å². The topological polar surface area (TPSA) is 66.5 Å². The molecule has 5 nitrogen and oxygen atoms in total. The molecule has 2 aromatic carbocycles. The fourth-order valence-electron chi connectivity index (χ4n) is 2.14. The molecule has 1 amide bonds. The molecular weight excluding hydrogens is 392 g/mol. The zero-order valence-electron chi connectivity index (χ0n) is 14.6. The maximum atomic E-state index is 12.2. The number of sulfonamides is 1. The molecule has 0 aliphatic carbocycles. The van der Waals surface area contributed by atoms with Crippen molar-refractivity contribution in [2.45, 2.75) is 11.8 Å². The van der Waals surface area contributed by atoms with Crippen LogP contribution in [0.2, 0.25) is 5.02 Å². The molecule has 0 saturated carbocycles. The van der Waals surface area contributed by atoms with Gasteiger partial charge < -0.3 is 5.32 Å². The van der Waals surface area contributed by atoms with Gasteiger partial charge in [0, 0.05) is 34.8 Å². The van der Waals surface area contributed by atoms with E-state index in [-0.39, 0.29) is 11.7 Å². The molecule has 0 heterocycles. The molecule has 0 atom stereocenters. The molecule has 0 aliphatic rings. The Morgan fingerprint density at radius 2 is 1.73 bits per heavy atom. The molecule has 140 valence electrons. The number of hydrogen-bond acceptors (Lipinski definition) is 4. The number of halogens is 1. The van der Waals surface area contributed by atoms with Gasteiger partial charge in [0.25, 0.3) is 5.91 Å². The Morgan fingerprint density at radius 1 is 1.12 bits per heavy atom. The predicted octanol–water partition coefficient (Wildman–Crippen LogP) is 3.65. The van der Waals surface area contributed by atoms with Crippen molar-refractivity contribution in [3.63, 3.8) is 0 Å². The molecule has 0 aromatic heterocycles. The van der Waals surface area contributed by atoms with E-state index in [1.54, 1.807) is 43.0 Å². The van der Waals surface area contributed by atoms with Crippen LogP contribution in [-0.4, -0.2) is 39.4 Å². The summed E-state index contributed by atoms with van der Waals surface area (Å²) in [5.41, 5.74) is 1.02. The largest absolute Gasteiger partial charge is 0.351 e. The van der Waals surface area contributed by atoms with Crippen molar-refractivity contribution in [3.8, 4) is 0 Å². The Kier molecular flexibility index (Phi) is 7.37. The van der Waals surface area contributed by atoms with Gasteiger partial charge in [-0.05, 0) is 55.5 Å². The lowest BCUT2D eigenvalue weighted by Crippen LogP contribution is -2.28. The molecular formula is C18H21ClN2O3S2. The van der Waals surface area contributed by atoms with Crippen molar-refractivity contribution in [1.29, 1.82) is 0 Å². The molecule has 0 fully saturated rings. The number of nitrogens with one attached hydrogen (secondary N) is 1. The fourth-order valence-corrected chi connectivity index (χ4v) is 3.87. The molecule has 0 saturated heterocycles. The van der Waals surface area contributed by atoms with Gasteiger partial charge in [0.1, 0.15) is 0 Å². The summed E-state index contributed by atoms with van der Waals surface area (Å²) in [5.74, 6) is 0.578. The van der Waals surface area contributed by atoms with Crippen molar-refractivity contribution in [2.24, 2.45) is 0 Å². The lowest BCUT2D eigenvalue weighted by Gasteiger charge is -2.18. The lowest BCUT2D eigenvalue weighted by molar-refractivity contribution is 0.0956. The van der Waals surface area contributed by atoms with Crippen LogP contribution < -0.4 is 9.62 Å². The summed E-state index contributed by atoms with van der Waals surface area (Å²) >= 11 is 7.47. The average molecular weight is 413 g/mol. The number of hydrogen-bond donors (Lipinski definition) is 1. The zero-order chi connectivity index (χ0) is 19.2. The van der Waals surface area contributed by atoms with E-state index >= 15 is 0 Å². The summed E-state index contributed by atoms with van der Waals surface area (Å²) < 4.78 is 25.0. The quantitative estimate of drug-likeness (QED) is 0.531. The Bertz CT molecular complexity index is 838. The van der Waals surface area contributed by atoms with Crippen LogP contribution in [0, 0.1) is 0 Å². The first kappa shape index (κ1) is 20.6. The van der Waals surface area contributed by atoms with E-state index in [0.29, 0.717) is 22.8 Å². The van der Waals surface area contributed by atoms with Crippen molar-refractivity contribution in [3.05, 3.63) is 59.1 Å². The van der Waals surface area contributed by atoms with Gasteiger partial charge in [-0.2, -0.15) is 0 Å². The summed E-state index contributed by atoms with van der Waals surface area (Å²) in [5, 5.41) is 3.55. The third-order valence-corrected chi connectivity index (χ3v) is 6.79. The molecule has 0 bridgehead atoms. The Morgan fingerprint density at radius 3 is 2.31 bits per heavy atom. The van der Waals surface area contributed by atoms with Crippen LogP contribution in [0.25, 0.3) is 0 Å². The second-order valence-corrected chi connectivity index (χ2v) is 9.37. The van der Waals surface area contributed by atoms with Gasteiger partial charge in [0.05, 0.1) is 11.4 Å². The molecule has 8 heteroatoms. The van der Waals surface area contributed by atoms with E-state index in [9.17, 15) is 13.2 Å². The number of nitrogens with zero attached hydrogens (tertiary/aromatic N) is 1. The van der Waals surface area contributed by atoms with E-state index in [1.165, 1.54) is 11.4 Å². The first-order valence-electron chi connectivity index (χ1n) is 8.06. The summed E-state index contributed by atoms with van der Waals surface area (Å²) in [4.78, 5) is 13.3. The number of thioether (sulfide) groups is 1. The number of carbonyl (C=O) groups excluding carboxylic acids is 1. The monoisotopic (exact) mass is 412 g/mol. The zero-order valence-corrected chi connectivity index (χ0v) is 17.0. The SMILES string of the molecule is CCS(=O)(=O)N(C)c1ccc(C(=O)NCCSc2ccc(Cl)cc2)cc1. The minimum atomic E-state index is -3.31. The van der Waals surface area contributed by atoms with Crippen LogP contribution in [0.4, 0.5) is 5.69 Å². The van der Waals surface area contributed by atoms with Crippen LogP contribution in [-0.2, 0) is 10.0 Å². The van der Waals surface area contributed by atoms with Gasteiger partial charge in [0.15, 0.2) is 0 Å². The van der Waals surface area contributed by atoms with Crippen LogP contribution in [0.5, 0.6) is 0 Å². The Balaban J connectivity index is 1.85. The highest BCUT2D eigenvalue weighted by Crippen LogP contribution is 2.20. The molecule has 26 heavy (non-hydrogen) atoms. The highest BCUT2D eigenvalue weighted by atomic mass is 35.5. The number of amides is 1. The molecule has 2 rings (SSSR count). The third kappa shape index (κ3) is 5.65. The van der Waals surface area contributed by atoms with E-state index in [0.717, 1.165) is 10.6 Å². The van der Waals surface area contributed by atoms with Crippen molar-refractivity contribution in [1.82, 2.24) is 5.32 Å². The van der Waals surface area contributed by atoms with Gasteiger partial charge in [-0.15, -0.1) is 11.8 Å². The summed E-state index contributed by atoms with van der Waals surface area (Å²) in [6.45, 7) is 2.12. The second kappa shape index (κ2) is 9.30. The van der Waals surface area contributed by atoms with Gasteiger partial charge >= 0.3 is 0 Å². The minimum Gasteiger partial charge on any atom is -0.351 e. The Hall–Kier alpha value is -1.70. The maximum absolute atomic E-state index is 12.2. The molecule has 1 N–H and O–H groups in total. The van der Waals surface area contributed by atoms with Crippen molar-refractivity contribution in [2.75, 3.05) is 29.4 Å². The van der Waals surface area contributed by atoms with Gasteiger partial charge in [-0.1, -0.05) is 11.6 Å². The maximum Gasteiger partial charge on any atom is 0.251 e. The Labute approximate surface area is 163 Å². The first-order chi connectivity index (χ1) is 12.3. The van der Waals surface area contributed by atoms with Crippen LogP contribution in [0.1, 0.15) is 17.3 Å². The molecule has 0 spiro atoms. The molecule has 0 unspecified atom stereocenters. The fraction of sp³-hybridized carbons (Fsp3) is 0.278. The summed E-state index contributed by atoms with van der Waals surface area (Å²) in [6, 6.07) is 14.1. The highest BCUT2D eigenvalue weighted by Gasteiger charge is 2.16. The van der Waals surface area contributed by atoms with Crippen molar-refractivity contribution >= 4 is 45.0 Å². The molecule has 0 radical (unpaired) electrons. The summed E-state index contributed by atoms with van der Waals surface area (Å²) in [6.07, 6.45) is 0. The highest BCUT2D eigenvalue weighted by molar-refractivity contribution is 7.99. The van der Waals surface area contributed by atoms with Crippen LogP contribution in [0.3, 0.4) is 0 Å². The van der Waals surface area contributed by atoms with E-state index in [1.807, 2.05) is 24.3 Å². The van der Waals surface area contributed by atoms with Crippen LogP contribution in [0.15, 0.2) is 53.4 Å². The average Bonchev–Trinajstić information content (AvgIpc) is 2.66. The summed E-state index contributed by atoms with van der Waals surface area (Å²) in [7, 11) is -1.81. The third-order valence-electron chi connectivity index (χ3n) is 3.75. The lowest BCUT2D eigenvalue weighted by atomic mass is 10.2. The van der Waals surface area contributed by atoms with Crippen molar-refractivity contribution < 1.29 is 13.2 Å². The van der Waals surface area contributed by atoms with Crippen LogP contribution >= 0.6 is 23.4 Å². The number of rotatable bonds is 8. The standard InChI is InChI=1S/C18H21ClN2O3S2/c1-3-26(23,24)21(2)16-8-4-14(5-9-16)18(22)20-12-13-25-17-10-6-15(19)7-11-17/h4-11H,3,12-13H2,1-2H3,(H,20,22). The van der Waals surface area contributed by atoms with Gasteiger partial charge in [0.2, 0.25) is 10.0 Å². The number of benzene rings is 2. The minimum absolute atomic E-state index is 0.0248. The number of carbonyl (C=O) groups is 1. The normalized spacial score (nSPS) is 11.2. The molecule has 2 aromatic rings. The first-order valence-corrected chi connectivity index (χ1v) is 11.0. The van der Waals surface area contributed by atoms with Gasteiger partial charge in [-0.3, -0.25) is 9.10 Å². The van der Waals surface area contributed by atoms with E-state index in [4.69, 9.17) is 11.6 Å². The number of anilines is 1. The molecule has 0 aliphatic heterocycles.